The number of hydrogen-bond donors (Lipinski definition) is 2. The van der Waals surface area contributed by atoms with Crippen LogP contribution in [0.4, 0.5) is 0 Å². The molecule has 1 rings (SSSR count). The molecule has 5 heteroatoms. The quantitative estimate of drug-likeness (QED) is 0.716. The summed E-state index contributed by atoms with van der Waals surface area (Å²) in [6.45, 7) is 8.81. The fourth-order valence-electron chi connectivity index (χ4n) is 2.93. The van der Waals surface area contributed by atoms with Gasteiger partial charge in [0.2, 0.25) is 5.91 Å². The van der Waals surface area contributed by atoms with Crippen LogP contribution in [0.15, 0.2) is 0 Å². The minimum absolute atomic E-state index is 0.276. The summed E-state index contributed by atoms with van der Waals surface area (Å²) in [6, 6.07) is 0.314. The van der Waals surface area contributed by atoms with E-state index in [2.05, 4.69) is 17.1 Å². The summed E-state index contributed by atoms with van der Waals surface area (Å²) in [7, 11) is 1.77. The van der Waals surface area contributed by atoms with E-state index < -0.39 is 5.54 Å². The summed E-state index contributed by atoms with van der Waals surface area (Å²) in [5.74, 6) is -0.276. The van der Waals surface area contributed by atoms with E-state index in [0.717, 1.165) is 38.9 Å². The molecular formula is C14H29N3O2. The summed E-state index contributed by atoms with van der Waals surface area (Å²) in [6.07, 6.45) is 3.32. The first-order chi connectivity index (χ1) is 8.92. The largest absolute Gasteiger partial charge is 0.380 e. The molecule has 1 amide bonds. The lowest BCUT2D eigenvalue weighted by atomic mass is 9.91. The van der Waals surface area contributed by atoms with Crippen molar-refractivity contribution in [3.05, 3.63) is 0 Å². The lowest BCUT2D eigenvalue weighted by Crippen LogP contribution is -2.57. The molecule has 3 unspecified atom stereocenters. The van der Waals surface area contributed by atoms with Crippen molar-refractivity contribution in [2.75, 3.05) is 26.7 Å². The summed E-state index contributed by atoms with van der Waals surface area (Å²) >= 11 is 0. The number of methoxy groups -OCH3 is 1. The molecule has 0 aromatic carbocycles. The normalized spacial score (nSPS) is 25.8. The fourth-order valence-corrected chi connectivity index (χ4v) is 2.93. The van der Waals surface area contributed by atoms with Gasteiger partial charge in [-0.05, 0) is 46.2 Å². The molecule has 0 aromatic heterocycles. The molecule has 0 aromatic rings. The van der Waals surface area contributed by atoms with Crippen LogP contribution in [-0.4, -0.2) is 55.2 Å². The zero-order chi connectivity index (χ0) is 14.5. The van der Waals surface area contributed by atoms with Gasteiger partial charge >= 0.3 is 0 Å². The van der Waals surface area contributed by atoms with Crippen LogP contribution in [0.1, 0.15) is 40.0 Å². The van der Waals surface area contributed by atoms with Gasteiger partial charge in [0.15, 0.2) is 0 Å². The van der Waals surface area contributed by atoms with E-state index in [0.29, 0.717) is 12.1 Å². The van der Waals surface area contributed by atoms with Gasteiger partial charge in [-0.15, -0.1) is 0 Å². The second-order valence-corrected chi connectivity index (χ2v) is 5.77. The van der Waals surface area contributed by atoms with Crippen LogP contribution in [0.25, 0.3) is 0 Å². The molecule has 0 spiro atoms. The number of piperidine rings is 1. The van der Waals surface area contributed by atoms with Crippen molar-refractivity contribution in [2.45, 2.75) is 57.7 Å². The number of rotatable bonds is 7. The molecule has 1 aliphatic heterocycles. The molecular weight excluding hydrogens is 242 g/mol. The standard InChI is InChI=1S/C14H29N3O2/c1-5-16-14(3,13(15)18)9-11(2)17-8-6-7-12(10-17)19-4/h11-12,16H,5-10H2,1-4H3,(H2,15,18). The van der Waals surface area contributed by atoms with Crippen molar-refractivity contribution in [1.29, 1.82) is 0 Å². The van der Waals surface area contributed by atoms with E-state index in [-0.39, 0.29) is 5.91 Å². The first-order valence-electron chi connectivity index (χ1n) is 7.24. The van der Waals surface area contributed by atoms with E-state index in [1.165, 1.54) is 0 Å². The van der Waals surface area contributed by atoms with Crippen LogP contribution >= 0.6 is 0 Å². The number of carbonyl (C=O) groups excluding carboxylic acids is 1. The highest BCUT2D eigenvalue weighted by Gasteiger charge is 2.34. The van der Waals surface area contributed by atoms with Crippen LogP contribution in [0.2, 0.25) is 0 Å². The third-order valence-corrected chi connectivity index (χ3v) is 4.18. The Bertz CT molecular complexity index is 298. The Morgan fingerprint density at radius 3 is 2.84 bits per heavy atom. The molecule has 112 valence electrons. The Balaban J connectivity index is 2.61. The van der Waals surface area contributed by atoms with E-state index >= 15 is 0 Å². The average molecular weight is 271 g/mol. The third kappa shape index (κ3) is 4.44. The molecule has 1 heterocycles. The molecule has 0 radical (unpaired) electrons. The molecule has 3 N–H and O–H groups in total. The molecule has 1 aliphatic rings. The monoisotopic (exact) mass is 271 g/mol. The number of amides is 1. The Morgan fingerprint density at radius 1 is 1.63 bits per heavy atom. The second-order valence-electron chi connectivity index (χ2n) is 5.77. The van der Waals surface area contributed by atoms with Gasteiger partial charge in [0, 0.05) is 19.7 Å². The number of nitrogens with two attached hydrogens (primary N) is 1. The van der Waals surface area contributed by atoms with Crippen molar-refractivity contribution in [3.63, 3.8) is 0 Å². The van der Waals surface area contributed by atoms with Crippen LogP contribution in [0.5, 0.6) is 0 Å². The highest BCUT2D eigenvalue weighted by Crippen LogP contribution is 2.21. The highest BCUT2D eigenvalue weighted by molar-refractivity contribution is 5.84. The first kappa shape index (κ1) is 16.4. The summed E-state index contributed by atoms with van der Waals surface area (Å²) < 4.78 is 5.45. The van der Waals surface area contributed by atoms with E-state index in [1.54, 1.807) is 7.11 Å². The topological polar surface area (TPSA) is 67.6 Å². The number of ether oxygens (including phenoxy) is 1. The molecule has 5 nitrogen and oxygen atoms in total. The number of likely N-dealkylation sites (N-methyl/N-ethyl adjacent to an activating group) is 1. The molecule has 0 bridgehead atoms. The average Bonchev–Trinajstić information content (AvgIpc) is 2.38. The predicted molar refractivity (Wildman–Crippen MR) is 77.0 cm³/mol. The van der Waals surface area contributed by atoms with E-state index in [1.807, 2.05) is 13.8 Å². The minimum atomic E-state index is -0.631. The predicted octanol–water partition coefficient (Wildman–Crippen LogP) is 0.729. The number of hydrogen-bond acceptors (Lipinski definition) is 4. The van der Waals surface area contributed by atoms with Crippen molar-refractivity contribution in [3.8, 4) is 0 Å². The van der Waals surface area contributed by atoms with Gasteiger partial charge in [-0.25, -0.2) is 0 Å². The number of carbonyl (C=O) groups is 1. The lowest BCUT2D eigenvalue weighted by Gasteiger charge is -2.39. The van der Waals surface area contributed by atoms with Gasteiger partial charge in [0.1, 0.15) is 0 Å². The number of primary amides is 1. The first-order valence-corrected chi connectivity index (χ1v) is 7.24. The van der Waals surface area contributed by atoms with Crippen LogP contribution in [-0.2, 0) is 9.53 Å². The maximum atomic E-state index is 11.7. The molecule has 0 aliphatic carbocycles. The number of likely N-dealkylation sites (tertiary alicyclic amines) is 1. The van der Waals surface area contributed by atoms with Gasteiger partial charge < -0.3 is 15.8 Å². The van der Waals surface area contributed by atoms with Crippen LogP contribution in [0, 0.1) is 0 Å². The number of nitrogens with one attached hydrogen (secondary N) is 1. The molecule has 1 fully saturated rings. The third-order valence-electron chi connectivity index (χ3n) is 4.18. The molecule has 0 saturated carbocycles. The van der Waals surface area contributed by atoms with Gasteiger partial charge in [-0.3, -0.25) is 9.69 Å². The Labute approximate surface area is 116 Å². The van der Waals surface area contributed by atoms with Crippen molar-refractivity contribution < 1.29 is 9.53 Å². The van der Waals surface area contributed by atoms with Gasteiger partial charge in [0.05, 0.1) is 11.6 Å². The molecule has 19 heavy (non-hydrogen) atoms. The minimum Gasteiger partial charge on any atom is -0.380 e. The zero-order valence-electron chi connectivity index (χ0n) is 12.7. The molecule has 1 saturated heterocycles. The maximum absolute atomic E-state index is 11.7. The Kier molecular flexibility index (Phi) is 6.23. The van der Waals surface area contributed by atoms with Crippen LogP contribution in [0.3, 0.4) is 0 Å². The van der Waals surface area contributed by atoms with Crippen molar-refractivity contribution >= 4 is 5.91 Å². The van der Waals surface area contributed by atoms with Crippen molar-refractivity contribution in [1.82, 2.24) is 10.2 Å². The van der Waals surface area contributed by atoms with Crippen molar-refractivity contribution in [2.24, 2.45) is 5.73 Å². The smallest absolute Gasteiger partial charge is 0.237 e. The summed E-state index contributed by atoms with van der Waals surface area (Å²) in [5.41, 5.74) is 4.91. The Hall–Kier alpha value is -0.650. The fraction of sp³-hybridized carbons (Fsp3) is 0.929. The molecule has 3 atom stereocenters. The SMILES string of the molecule is CCNC(C)(CC(C)N1CCCC(OC)C1)C(N)=O. The number of nitrogens with zero attached hydrogens (tertiary/aromatic N) is 1. The zero-order valence-corrected chi connectivity index (χ0v) is 12.7. The van der Waals surface area contributed by atoms with E-state index in [9.17, 15) is 4.79 Å². The summed E-state index contributed by atoms with van der Waals surface area (Å²) in [4.78, 5) is 14.1. The second kappa shape index (κ2) is 7.22. The lowest BCUT2D eigenvalue weighted by molar-refractivity contribution is -0.124. The highest BCUT2D eigenvalue weighted by atomic mass is 16.5. The Morgan fingerprint density at radius 2 is 2.32 bits per heavy atom. The van der Waals surface area contributed by atoms with Crippen LogP contribution < -0.4 is 11.1 Å². The van der Waals surface area contributed by atoms with Gasteiger partial charge in [0.25, 0.3) is 0 Å². The van der Waals surface area contributed by atoms with E-state index in [4.69, 9.17) is 10.5 Å². The maximum Gasteiger partial charge on any atom is 0.237 e. The van der Waals surface area contributed by atoms with Gasteiger partial charge in [-0.2, -0.15) is 0 Å². The van der Waals surface area contributed by atoms with Gasteiger partial charge in [-0.1, -0.05) is 6.92 Å². The summed E-state index contributed by atoms with van der Waals surface area (Å²) in [5, 5.41) is 3.22.